The zero-order valence-corrected chi connectivity index (χ0v) is 11.9. The van der Waals surface area contributed by atoms with Crippen molar-refractivity contribution < 1.29 is 0 Å². The third kappa shape index (κ3) is 3.65. The first-order chi connectivity index (χ1) is 9.18. The smallest absolute Gasteiger partial charge is 0.0786 e. The number of anilines is 2. The fourth-order valence-electron chi connectivity index (χ4n) is 2.21. The highest BCUT2D eigenvalue weighted by molar-refractivity contribution is 6.33. The first kappa shape index (κ1) is 13.8. The molecule has 2 aromatic carbocycles. The summed E-state index contributed by atoms with van der Waals surface area (Å²) in [6, 6.07) is 16.1. The minimum absolute atomic E-state index is 0.710. The Kier molecular flexibility index (Phi) is 4.69. The molecule has 2 nitrogen and oxygen atoms in total. The van der Waals surface area contributed by atoms with E-state index in [1.54, 1.807) is 0 Å². The molecule has 0 heterocycles. The maximum Gasteiger partial charge on any atom is 0.0786 e. The van der Waals surface area contributed by atoms with Crippen molar-refractivity contribution >= 4 is 23.0 Å². The van der Waals surface area contributed by atoms with Crippen molar-refractivity contribution in [2.75, 3.05) is 24.2 Å². The summed E-state index contributed by atoms with van der Waals surface area (Å²) in [7, 11) is 2.03. The second-order valence-corrected chi connectivity index (χ2v) is 5.10. The minimum Gasteiger partial charge on any atom is -0.397 e. The number of nitrogen functional groups attached to an aromatic ring is 1. The number of halogens is 1. The molecular weight excluding hydrogens is 256 g/mol. The van der Waals surface area contributed by atoms with Crippen LogP contribution in [0.25, 0.3) is 0 Å². The van der Waals surface area contributed by atoms with Crippen LogP contribution in [0, 0.1) is 0 Å². The van der Waals surface area contributed by atoms with Crippen molar-refractivity contribution in [2.45, 2.75) is 12.8 Å². The molecule has 0 saturated carbocycles. The zero-order valence-electron chi connectivity index (χ0n) is 11.1. The van der Waals surface area contributed by atoms with E-state index in [0.29, 0.717) is 5.02 Å². The van der Waals surface area contributed by atoms with E-state index in [-0.39, 0.29) is 0 Å². The summed E-state index contributed by atoms with van der Waals surface area (Å²) in [5.74, 6) is 0. The van der Waals surface area contributed by atoms with E-state index >= 15 is 0 Å². The first-order valence-corrected chi connectivity index (χ1v) is 6.85. The highest BCUT2D eigenvalue weighted by atomic mass is 35.5. The number of hydrogen-bond donors (Lipinski definition) is 1. The van der Waals surface area contributed by atoms with E-state index < -0.39 is 0 Å². The van der Waals surface area contributed by atoms with Gasteiger partial charge in [-0.1, -0.05) is 48.0 Å². The molecule has 0 fully saturated rings. The summed E-state index contributed by atoms with van der Waals surface area (Å²) in [5, 5.41) is 0.710. The van der Waals surface area contributed by atoms with Crippen LogP contribution in [0.1, 0.15) is 12.0 Å². The number of rotatable bonds is 5. The topological polar surface area (TPSA) is 29.3 Å². The molecule has 0 aliphatic carbocycles. The van der Waals surface area contributed by atoms with Crippen LogP contribution < -0.4 is 10.6 Å². The number of hydrogen-bond acceptors (Lipinski definition) is 2. The van der Waals surface area contributed by atoms with Gasteiger partial charge in [0.15, 0.2) is 0 Å². The second kappa shape index (κ2) is 6.48. The molecule has 3 heteroatoms. The number of para-hydroxylation sites is 1. The first-order valence-electron chi connectivity index (χ1n) is 6.47. The van der Waals surface area contributed by atoms with E-state index in [1.165, 1.54) is 5.56 Å². The van der Waals surface area contributed by atoms with Crippen LogP contribution in [0.3, 0.4) is 0 Å². The van der Waals surface area contributed by atoms with Crippen LogP contribution in [-0.2, 0) is 6.42 Å². The monoisotopic (exact) mass is 274 g/mol. The Morgan fingerprint density at radius 3 is 2.47 bits per heavy atom. The minimum atomic E-state index is 0.710. The largest absolute Gasteiger partial charge is 0.397 e. The summed E-state index contributed by atoms with van der Waals surface area (Å²) in [4.78, 5) is 2.13. The highest BCUT2D eigenvalue weighted by Crippen LogP contribution is 2.31. The number of nitrogens with zero attached hydrogens (tertiary/aromatic N) is 1. The Balaban J connectivity index is 1.93. The summed E-state index contributed by atoms with van der Waals surface area (Å²) >= 11 is 6.20. The zero-order chi connectivity index (χ0) is 13.7. The molecule has 0 saturated heterocycles. The highest BCUT2D eigenvalue weighted by Gasteiger charge is 2.09. The van der Waals surface area contributed by atoms with Crippen LogP contribution >= 0.6 is 11.6 Å². The van der Waals surface area contributed by atoms with Gasteiger partial charge < -0.3 is 10.6 Å². The molecule has 0 aliphatic rings. The van der Waals surface area contributed by atoms with Gasteiger partial charge in [0.1, 0.15) is 0 Å². The van der Waals surface area contributed by atoms with Crippen molar-refractivity contribution in [1.29, 1.82) is 0 Å². The Bertz CT molecular complexity index is 505. The molecule has 2 aromatic rings. The summed E-state index contributed by atoms with van der Waals surface area (Å²) < 4.78 is 0. The summed E-state index contributed by atoms with van der Waals surface area (Å²) in [6.07, 6.45) is 2.14. The van der Waals surface area contributed by atoms with Crippen LogP contribution in [0.5, 0.6) is 0 Å². The lowest BCUT2D eigenvalue weighted by atomic mass is 10.1. The third-order valence-electron chi connectivity index (χ3n) is 3.20. The van der Waals surface area contributed by atoms with Gasteiger partial charge in [-0.05, 0) is 30.5 Å². The Morgan fingerprint density at radius 1 is 1.05 bits per heavy atom. The molecule has 0 atom stereocenters. The maximum absolute atomic E-state index is 6.20. The van der Waals surface area contributed by atoms with E-state index in [1.807, 2.05) is 31.3 Å². The van der Waals surface area contributed by atoms with Crippen LogP contribution in [0.2, 0.25) is 5.02 Å². The lowest BCUT2D eigenvalue weighted by molar-refractivity contribution is 0.786. The standard InChI is InChI=1S/C16H19ClN2/c1-19(16-14(17)10-5-11-15(16)18)12-6-9-13-7-3-2-4-8-13/h2-5,7-8,10-11H,6,9,12,18H2,1H3. The van der Waals surface area contributed by atoms with Gasteiger partial charge in [-0.15, -0.1) is 0 Å². The average molecular weight is 275 g/mol. The van der Waals surface area contributed by atoms with Gasteiger partial charge >= 0.3 is 0 Å². The maximum atomic E-state index is 6.20. The number of benzene rings is 2. The average Bonchev–Trinajstić information content (AvgIpc) is 2.40. The number of nitrogens with two attached hydrogens (primary N) is 1. The van der Waals surface area contributed by atoms with Gasteiger partial charge in [0.2, 0.25) is 0 Å². The molecule has 0 bridgehead atoms. The molecule has 100 valence electrons. The van der Waals surface area contributed by atoms with Gasteiger partial charge in [-0.2, -0.15) is 0 Å². The van der Waals surface area contributed by atoms with Gasteiger partial charge in [0.25, 0.3) is 0 Å². The van der Waals surface area contributed by atoms with E-state index in [2.05, 4.69) is 29.2 Å². The SMILES string of the molecule is CN(CCCc1ccccc1)c1c(N)cccc1Cl. The predicted molar refractivity (Wildman–Crippen MR) is 83.9 cm³/mol. The van der Waals surface area contributed by atoms with Crippen LogP contribution in [0.15, 0.2) is 48.5 Å². The van der Waals surface area contributed by atoms with E-state index in [4.69, 9.17) is 17.3 Å². The lowest BCUT2D eigenvalue weighted by Crippen LogP contribution is -2.20. The fraction of sp³-hybridized carbons (Fsp3) is 0.250. The molecule has 0 amide bonds. The van der Waals surface area contributed by atoms with Crippen molar-refractivity contribution in [1.82, 2.24) is 0 Å². The quantitative estimate of drug-likeness (QED) is 0.836. The number of aryl methyl sites for hydroxylation is 1. The molecule has 2 N–H and O–H groups in total. The molecule has 0 unspecified atom stereocenters. The predicted octanol–water partition coefficient (Wildman–Crippen LogP) is 3.99. The third-order valence-corrected chi connectivity index (χ3v) is 3.51. The molecule has 0 aromatic heterocycles. The summed E-state index contributed by atoms with van der Waals surface area (Å²) in [6.45, 7) is 0.933. The molecule has 2 rings (SSSR count). The van der Waals surface area contributed by atoms with Crippen LogP contribution in [-0.4, -0.2) is 13.6 Å². The Morgan fingerprint density at radius 2 is 1.79 bits per heavy atom. The fourth-order valence-corrected chi connectivity index (χ4v) is 2.54. The van der Waals surface area contributed by atoms with Gasteiger partial charge in [-0.3, -0.25) is 0 Å². The van der Waals surface area contributed by atoms with Crippen LogP contribution in [0.4, 0.5) is 11.4 Å². The summed E-state index contributed by atoms with van der Waals surface area (Å²) in [5.41, 5.74) is 9.00. The van der Waals surface area contributed by atoms with Gasteiger partial charge in [-0.25, -0.2) is 0 Å². The van der Waals surface area contributed by atoms with Gasteiger partial charge in [0, 0.05) is 13.6 Å². The molecule has 0 aliphatic heterocycles. The Labute approximate surface area is 119 Å². The molecule has 0 spiro atoms. The second-order valence-electron chi connectivity index (χ2n) is 4.69. The lowest BCUT2D eigenvalue weighted by Gasteiger charge is -2.22. The van der Waals surface area contributed by atoms with E-state index in [9.17, 15) is 0 Å². The van der Waals surface area contributed by atoms with E-state index in [0.717, 1.165) is 30.8 Å². The van der Waals surface area contributed by atoms with Crippen molar-refractivity contribution in [3.63, 3.8) is 0 Å². The van der Waals surface area contributed by atoms with Crippen molar-refractivity contribution in [2.24, 2.45) is 0 Å². The van der Waals surface area contributed by atoms with Crippen molar-refractivity contribution in [3.8, 4) is 0 Å². The normalized spacial score (nSPS) is 10.4. The van der Waals surface area contributed by atoms with Crippen molar-refractivity contribution in [3.05, 3.63) is 59.1 Å². The molecule has 19 heavy (non-hydrogen) atoms. The molecular formula is C16H19ClN2. The molecule has 0 radical (unpaired) electrons. The van der Waals surface area contributed by atoms with Gasteiger partial charge in [0.05, 0.1) is 16.4 Å². The Hall–Kier alpha value is -1.67.